The summed E-state index contributed by atoms with van der Waals surface area (Å²) in [5, 5.41) is 4.74. The van der Waals surface area contributed by atoms with Crippen LogP contribution in [0.3, 0.4) is 0 Å². The molecule has 4 rings (SSSR count). The number of anilines is 1. The Kier molecular flexibility index (Phi) is 5.52. The standard InChI is InChI=1S/C19H25ClN4O3/c1-25-9-2-6-24-7-3-12(4-8-24)18-22-19(27-23-18)14-11-15(20)16(21)13-5-10-26-17(13)14/h11-12H,2-10,21H2,1H3. The maximum absolute atomic E-state index is 6.29. The molecule has 3 heterocycles. The molecule has 0 atom stereocenters. The predicted octanol–water partition coefficient (Wildman–Crippen LogP) is 3.12. The number of ether oxygens (including phenoxy) is 2. The highest BCUT2D eigenvalue weighted by Gasteiger charge is 2.28. The number of hydrogen-bond donors (Lipinski definition) is 1. The smallest absolute Gasteiger partial charge is 0.261 e. The van der Waals surface area contributed by atoms with Crippen LogP contribution in [0.15, 0.2) is 10.6 Å². The number of halogens is 1. The number of methoxy groups -OCH3 is 1. The van der Waals surface area contributed by atoms with Gasteiger partial charge in [0.1, 0.15) is 5.75 Å². The molecule has 1 saturated heterocycles. The summed E-state index contributed by atoms with van der Waals surface area (Å²) >= 11 is 6.29. The summed E-state index contributed by atoms with van der Waals surface area (Å²) in [6, 6.07) is 1.76. The number of likely N-dealkylation sites (tertiary alicyclic amines) is 1. The average Bonchev–Trinajstić information content (AvgIpc) is 3.36. The van der Waals surface area contributed by atoms with E-state index in [4.69, 9.17) is 31.3 Å². The van der Waals surface area contributed by atoms with Gasteiger partial charge in [-0.3, -0.25) is 0 Å². The summed E-state index contributed by atoms with van der Waals surface area (Å²) in [6.07, 6.45) is 3.87. The van der Waals surface area contributed by atoms with Gasteiger partial charge in [0.25, 0.3) is 5.89 Å². The highest BCUT2D eigenvalue weighted by Crippen LogP contribution is 2.43. The maximum Gasteiger partial charge on any atom is 0.261 e. The first-order chi connectivity index (χ1) is 13.2. The number of nitrogens with zero attached hydrogens (tertiary/aromatic N) is 3. The quantitative estimate of drug-likeness (QED) is 0.596. The first kappa shape index (κ1) is 18.5. The highest BCUT2D eigenvalue weighted by molar-refractivity contribution is 6.33. The van der Waals surface area contributed by atoms with E-state index < -0.39 is 0 Å². The third kappa shape index (κ3) is 3.77. The zero-order valence-electron chi connectivity index (χ0n) is 15.5. The van der Waals surface area contributed by atoms with Gasteiger partial charge in [0.05, 0.1) is 22.9 Å². The van der Waals surface area contributed by atoms with Gasteiger partial charge in [-0.15, -0.1) is 0 Å². The number of hydrogen-bond acceptors (Lipinski definition) is 7. The number of rotatable bonds is 6. The molecule has 1 fully saturated rings. The molecule has 1 aromatic carbocycles. The Morgan fingerprint density at radius 2 is 2.19 bits per heavy atom. The minimum Gasteiger partial charge on any atom is -0.492 e. The molecule has 0 radical (unpaired) electrons. The van der Waals surface area contributed by atoms with Gasteiger partial charge in [0.15, 0.2) is 5.82 Å². The molecule has 2 N–H and O–H groups in total. The van der Waals surface area contributed by atoms with Crippen molar-refractivity contribution < 1.29 is 14.0 Å². The van der Waals surface area contributed by atoms with Gasteiger partial charge < -0.3 is 24.6 Å². The molecule has 0 spiro atoms. The lowest BCUT2D eigenvalue weighted by atomic mass is 9.96. The van der Waals surface area contributed by atoms with Gasteiger partial charge in [-0.25, -0.2) is 0 Å². The minimum absolute atomic E-state index is 0.319. The Morgan fingerprint density at radius 1 is 1.37 bits per heavy atom. The fourth-order valence-corrected chi connectivity index (χ4v) is 4.11. The normalized spacial score (nSPS) is 17.9. The fraction of sp³-hybridized carbons (Fsp3) is 0.579. The van der Waals surface area contributed by atoms with E-state index in [1.54, 1.807) is 13.2 Å². The lowest BCUT2D eigenvalue weighted by molar-refractivity contribution is 0.156. The van der Waals surface area contributed by atoms with Crippen molar-refractivity contribution in [2.45, 2.75) is 31.6 Å². The number of piperidine rings is 1. The number of nitrogen functional groups attached to an aromatic ring is 1. The van der Waals surface area contributed by atoms with E-state index in [1.165, 1.54) is 0 Å². The molecule has 7 nitrogen and oxygen atoms in total. The molecular weight excluding hydrogens is 368 g/mol. The lowest BCUT2D eigenvalue weighted by Gasteiger charge is -2.30. The summed E-state index contributed by atoms with van der Waals surface area (Å²) in [6.45, 7) is 4.57. The van der Waals surface area contributed by atoms with Crippen LogP contribution in [-0.4, -0.2) is 55.0 Å². The van der Waals surface area contributed by atoms with Gasteiger partial charge in [-0.05, 0) is 38.4 Å². The van der Waals surface area contributed by atoms with E-state index in [-0.39, 0.29) is 0 Å². The van der Waals surface area contributed by atoms with Gasteiger partial charge in [-0.1, -0.05) is 16.8 Å². The molecule has 2 aliphatic heterocycles. The monoisotopic (exact) mass is 392 g/mol. The highest BCUT2D eigenvalue weighted by atomic mass is 35.5. The summed E-state index contributed by atoms with van der Waals surface area (Å²) in [7, 11) is 1.74. The van der Waals surface area contributed by atoms with Crippen LogP contribution in [-0.2, 0) is 11.2 Å². The summed E-state index contributed by atoms with van der Waals surface area (Å²) < 4.78 is 16.4. The van der Waals surface area contributed by atoms with E-state index in [9.17, 15) is 0 Å². The van der Waals surface area contributed by atoms with E-state index in [2.05, 4.69) is 15.0 Å². The van der Waals surface area contributed by atoms with Crippen LogP contribution in [0.2, 0.25) is 5.02 Å². The van der Waals surface area contributed by atoms with E-state index in [0.29, 0.717) is 29.1 Å². The second-order valence-corrected chi connectivity index (χ2v) is 7.55. The fourth-order valence-electron chi connectivity index (χ4n) is 3.88. The Morgan fingerprint density at radius 3 is 2.96 bits per heavy atom. The van der Waals surface area contributed by atoms with Crippen LogP contribution < -0.4 is 10.5 Å². The second kappa shape index (κ2) is 8.04. The van der Waals surface area contributed by atoms with Crippen molar-refractivity contribution in [2.75, 3.05) is 45.7 Å². The average molecular weight is 393 g/mol. The van der Waals surface area contributed by atoms with Gasteiger partial charge in [0, 0.05) is 38.2 Å². The molecule has 0 amide bonds. The van der Waals surface area contributed by atoms with Gasteiger partial charge in [-0.2, -0.15) is 4.98 Å². The first-order valence-corrected chi connectivity index (χ1v) is 9.84. The van der Waals surface area contributed by atoms with Crippen molar-refractivity contribution in [1.82, 2.24) is 15.0 Å². The second-order valence-electron chi connectivity index (χ2n) is 7.15. The summed E-state index contributed by atoms with van der Waals surface area (Å²) in [5.41, 5.74) is 8.31. The molecule has 2 aromatic rings. The maximum atomic E-state index is 6.29. The Bertz CT molecular complexity index is 802. The van der Waals surface area contributed by atoms with E-state index in [0.717, 1.165) is 74.6 Å². The van der Waals surface area contributed by atoms with Gasteiger partial charge in [0.2, 0.25) is 0 Å². The van der Waals surface area contributed by atoms with Crippen LogP contribution in [0.1, 0.15) is 36.6 Å². The Hall–Kier alpha value is -1.83. The molecule has 0 aliphatic carbocycles. The molecule has 27 heavy (non-hydrogen) atoms. The zero-order valence-corrected chi connectivity index (χ0v) is 16.3. The Balaban J connectivity index is 1.46. The number of nitrogens with two attached hydrogens (primary N) is 1. The third-order valence-corrected chi connectivity index (χ3v) is 5.73. The van der Waals surface area contributed by atoms with Crippen LogP contribution in [0.25, 0.3) is 11.5 Å². The zero-order chi connectivity index (χ0) is 18.8. The van der Waals surface area contributed by atoms with Crippen molar-refractivity contribution in [2.24, 2.45) is 0 Å². The lowest BCUT2D eigenvalue weighted by Crippen LogP contribution is -2.34. The third-order valence-electron chi connectivity index (χ3n) is 5.42. The predicted molar refractivity (Wildman–Crippen MR) is 103 cm³/mol. The first-order valence-electron chi connectivity index (χ1n) is 9.46. The topological polar surface area (TPSA) is 86.6 Å². The molecule has 0 bridgehead atoms. The van der Waals surface area contributed by atoms with Crippen molar-refractivity contribution in [3.05, 3.63) is 22.5 Å². The van der Waals surface area contributed by atoms with Gasteiger partial charge >= 0.3 is 0 Å². The van der Waals surface area contributed by atoms with Crippen LogP contribution in [0.5, 0.6) is 5.75 Å². The van der Waals surface area contributed by atoms with E-state index in [1.807, 2.05) is 0 Å². The minimum atomic E-state index is 0.319. The van der Waals surface area contributed by atoms with E-state index >= 15 is 0 Å². The largest absolute Gasteiger partial charge is 0.492 e. The van der Waals surface area contributed by atoms with Crippen LogP contribution in [0.4, 0.5) is 5.69 Å². The molecular formula is C19H25ClN4O3. The Labute approximate surface area is 163 Å². The number of fused-ring (bicyclic) bond motifs is 1. The van der Waals surface area contributed by atoms with Crippen molar-refractivity contribution in [3.63, 3.8) is 0 Å². The van der Waals surface area contributed by atoms with Crippen molar-refractivity contribution in [1.29, 1.82) is 0 Å². The summed E-state index contributed by atoms with van der Waals surface area (Å²) in [5.74, 6) is 2.26. The molecule has 2 aliphatic rings. The molecule has 0 unspecified atom stereocenters. The van der Waals surface area contributed by atoms with Crippen LogP contribution >= 0.6 is 11.6 Å². The van der Waals surface area contributed by atoms with Crippen LogP contribution in [0, 0.1) is 0 Å². The molecule has 0 saturated carbocycles. The SMILES string of the molecule is COCCCN1CCC(c2noc(-c3cc(Cl)c(N)c4c3OCC4)n2)CC1. The number of benzene rings is 1. The molecule has 8 heteroatoms. The van der Waals surface area contributed by atoms with Crippen molar-refractivity contribution >= 4 is 17.3 Å². The number of aromatic nitrogens is 2. The summed E-state index contributed by atoms with van der Waals surface area (Å²) in [4.78, 5) is 7.13. The molecule has 146 valence electrons. The van der Waals surface area contributed by atoms with Crippen molar-refractivity contribution in [3.8, 4) is 17.2 Å². The molecule has 1 aromatic heterocycles.